The number of aliphatic imine (C=N–C) groups is 1. The fourth-order valence-corrected chi connectivity index (χ4v) is 5.89. The molecule has 0 spiro atoms. The first-order valence-corrected chi connectivity index (χ1v) is 14.1. The number of pyridine rings is 1. The van der Waals surface area contributed by atoms with Crippen molar-refractivity contribution in [1.29, 1.82) is 0 Å². The number of aryl methyl sites for hydroxylation is 1. The molecule has 1 amide bonds. The van der Waals surface area contributed by atoms with Crippen LogP contribution >= 0.6 is 0 Å². The maximum absolute atomic E-state index is 16.4. The second kappa shape index (κ2) is 10.4. The van der Waals surface area contributed by atoms with Gasteiger partial charge in [0.15, 0.2) is 5.82 Å². The molecular formula is C31H30FN9O. The Morgan fingerprint density at radius 2 is 2.05 bits per heavy atom. The number of carbonyl (C=O) groups is 1. The molecular weight excluding hydrogens is 533 g/mol. The highest BCUT2D eigenvalue weighted by Crippen LogP contribution is 2.35. The van der Waals surface area contributed by atoms with Crippen LogP contribution in [0.15, 0.2) is 66.0 Å². The van der Waals surface area contributed by atoms with Gasteiger partial charge in [0, 0.05) is 47.2 Å². The molecule has 10 nitrogen and oxygen atoms in total. The molecule has 1 aromatic carbocycles. The average molecular weight is 564 g/mol. The van der Waals surface area contributed by atoms with Crippen molar-refractivity contribution in [1.82, 2.24) is 24.5 Å². The van der Waals surface area contributed by atoms with Gasteiger partial charge in [0.25, 0.3) is 0 Å². The van der Waals surface area contributed by atoms with Crippen LogP contribution in [0.3, 0.4) is 0 Å². The van der Waals surface area contributed by atoms with E-state index in [-0.39, 0.29) is 18.5 Å². The Morgan fingerprint density at radius 3 is 2.86 bits per heavy atom. The number of nitrogens with zero attached hydrogens (tertiary/aromatic N) is 5. The molecule has 11 heteroatoms. The van der Waals surface area contributed by atoms with Gasteiger partial charge in [-0.05, 0) is 50.1 Å². The van der Waals surface area contributed by atoms with Crippen molar-refractivity contribution < 1.29 is 9.18 Å². The molecule has 42 heavy (non-hydrogen) atoms. The molecule has 5 N–H and O–H groups in total. The van der Waals surface area contributed by atoms with E-state index in [0.29, 0.717) is 57.4 Å². The number of hydrogen-bond donors (Lipinski definition) is 4. The standard InChI is InChI=1S/C31H30FN9O/c1-17-14-41(16-37-17)25-9-6-20(33)11-24-28(25)40-30(39-24)29-26-23(35-15-36-29)8-7-22(27(26)32)19-10-21(13-34-12-19)38-31(42)18-4-2-3-5-18/h6-10,12-14,16,18,35H,2-5,11,15,33H2,1H3,(H,38,42)(H,39,40). The minimum absolute atomic E-state index is 0.0108. The van der Waals surface area contributed by atoms with E-state index in [0.717, 1.165) is 42.8 Å². The van der Waals surface area contributed by atoms with Crippen molar-refractivity contribution in [3.63, 3.8) is 0 Å². The largest absolute Gasteiger partial charge is 0.402 e. The quantitative estimate of drug-likeness (QED) is 0.276. The number of H-pyrrole nitrogens is 1. The van der Waals surface area contributed by atoms with E-state index in [1.165, 1.54) is 0 Å². The van der Waals surface area contributed by atoms with Crippen molar-refractivity contribution in [2.24, 2.45) is 16.6 Å². The molecule has 0 saturated heterocycles. The third kappa shape index (κ3) is 4.66. The molecule has 4 heterocycles. The third-order valence-corrected chi connectivity index (χ3v) is 8.00. The van der Waals surface area contributed by atoms with Crippen LogP contribution in [0.5, 0.6) is 0 Å². The number of allylic oxidation sites excluding steroid dienone is 3. The molecule has 212 valence electrons. The summed E-state index contributed by atoms with van der Waals surface area (Å²) < 4.78 is 18.3. The molecule has 0 radical (unpaired) electrons. The number of fused-ring (bicyclic) bond motifs is 2. The van der Waals surface area contributed by atoms with E-state index < -0.39 is 5.82 Å². The summed E-state index contributed by atoms with van der Waals surface area (Å²) in [7, 11) is 0. The van der Waals surface area contributed by atoms with Gasteiger partial charge in [-0.2, -0.15) is 0 Å². The van der Waals surface area contributed by atoms with Crippen LogP contribution in [-0.4, -0.2) is 42.8 Å². The molecule has 1 fully saturated rings. The lowest BCUT2D eigenvalue weighted by Gasteiger charge is -2.20. The Hall–Kier alpha value is -5.06. The normalized spacial score (nSPS) is 16.5. The maximum atomic E-state index is 16.4. The second-order valence-corrected chi connectivity index (χ2v) is 10.9. The molecule has 4 aromatic rings. The number of carbonyl (C=O) groups excluding carboxylic acids is 1. The van der Waals surface area contributed by atoms with Gasteiger partial charge in [0.1, 0.15) is 23.9 Å². The number of aromatic nitrogens is 5. The van der Waals surface area contributed by atoms with E-state index in [4.69, 9.17) is 10.7 Å². The van der Waals surface area contributed by atoms with Crippen LogP contribution in [-0.2, 0) is 11.2 Å². The minimum atomic E-state index is -0.452. The average Bonchev–Trinajstić information content (AvgIpc) is 3.74. The van der Waals surface area contributed by atoms with Gasteiger partial charge < -0.3 is 25.9 Å². The lowest BCUT2D eigenvalue weighted by atomic mass is 9.97. The van der Waals surface area contributed by atoms with Crippen molar-refractivity contribution >= 4 is 28.7 Å². The van der Waals surface area contributed by atoms with Gasteiger partial charge in [0.05, 0.1) is 40.9 Å². The Labute approximate surface area is 241 Å². The van der Waals surface area contributed by atoms with E-state index in [2.05, 4.69) is 30.6 Å². The van der Waals surface area contributed by atoms with Gasteiger partial charge in [0.2, 0.25) is 5.91 Å². The van der Waals surface area contributed by atoms with E-state index in [9.17, 15) is 4.79 Å². The smallest absolute Gasteiger partial charge is 0.227 e. The molecule has 3 aromatic heterocycles. The third-order valence-electron chi connectivity index (χ3n) is 8.00. The minimum Gasteiger partial charge on any atom is -0.402 e. The first kappa shape index (κ1) is 25.9. The van der Waals surface area contributed by atoms with Crippen molar-refractivity contribution in [2.45, 2.75) is 39.0 Å². The molecule has 7 rings (SSSR count). The zero-order valence-electron chi connectivity index (χ0n) is 23.1. The number of rotatable bonds is 5. The number of hydrogen-bond acceptors (Lipinski definition) is 7. The fourth-order valence-electron chi connectivity index (χ4n) is 5.89. The molecule has 1 saturated carbocycles. The molecule has 3 aliphatic rings. The van der Waals surface area contributed by atoms with Crippen LogP contribution in [0.25, 0.3) is 16.8 Å². The topological polar surface area (TPSA) is 139 Å². The summed E-state index contributed by atoms with van der Waals surface area (Å²) in [6.45, 7) is 2.20. The highest BCUT2D eigenvalue weighted by Gasteiger charge is 2.28. The molecule has 1 aliphatic heterocycles. The predicted octanol–water partition coefficient (Wildman–Crippen LogP) is 4.75. The summed E-state index contributed by atoms with van der Waals surface area (Å²) in [5.74, 6) is 0.00295. The summed E-state index contributed by atoms with van der Waals surface area (Å²) in [6.07, 6.45) is 15.0. The predicted molar refractivity (Wildman–Crippen MR) is 159 cm³/mol. The lowest BCUT2D eigenvalue weighted by molar-refractivity contribution is -0.119. The Kier molecular flexibility index (Phi) is 6.41. The summed E-state index contributed by atoms with van der Waals surface area (Å²) in [6, 6.07) is 5.31. The number of nitrogens with one attached hydrogen (secondary N) is 3. The summed E-state index contributed by atoms with van der Waals surface area (Å²) in [4.78, 5) is 34.3. The van der Waals surface area contributed by atoms with Crippen molar-refractivity contribution in [3.05, 3.63) is 95.3 Å². The highest BCUT2D eigenvalue weighted by atomic mass is 19.1. The fraction of sp³-hybridized carbons (Fsp3) is 0.258. The Bertz CT molecular complexity index is 1810. The number of aromatic amines is 1. The number of imidazole rings is 2. The van der Waals surface area contributed by atoms with Crippen molar-refractivity contribution in [3.8, 4) is 11.1 Å². The Morgan fingerprint density at radius 1 is 1.19 bits per heavy atom. The van der Waals surface area contributed by atoms with Gasteiger partial charge >= 0.3 is 0 Å². The maximum Gasteiger partial charge on any atom is 0.227 e. The first-order chi connectivity index (χ1) is 20.4. The number of halogens is 1. The van der Waals surface area contributed by atoms with Crippen LogP contribution in [0.1, 0.15) is 54.2 Å². The summed E-state index contributed by atoms with van der Waals surface area (Å²) in [5, 5.41) is 6.14. The lowest BCUT2D eigenvalue weighted by Crippen LogP contribution is -2.20. The van der Waals surface area contributed by atoms with Crippen LogP contribution < -0.4 is 16.4 Å². The summed E-state index contributed by atoms with van der Waals surface area (Å²) >= 11 is 0. The van der Waals surface area contributed by atoms with E-state index in [1.807, 2.05) is 35.9 Å². The summed E-state index contributed by atoms with van der Waals surface area (Å²) in [5.41, 5.74) is 12.9. The zero-order valence-corrected chi connectivity index (χ0v) is 23.1. The van der Waals surface area contributed by atoms with Crippen LogP contribution in [0, 0.1) is 18.7 Å². The monoisotopic (exact) mass is 563 g/mol. The number of nitrogens with two attached hydrogens (primary N) is 1. The number of benzene rings is 1. The second-order valence-electron chi connectivity index (χ2n) is 10.9. The molecule has 2 aliphatic carbocycles. The van der Waals surface area contributed by atoms with E-state index >= 15 is 4.39 Å². The van der Waals surface area contributed by atoms with Gasteiger partial charge in [-0.15, -0.1) is 0 Å². The number of amides is 1. The van der Waals surface area contributed by atoms with Gasteiger partial charge in [-0.3, -0.25) is 14.8 Å². The van der Waals surface area contributed by atoms with Crippen molar-refractivity contribution in [2.75, 3.05) is 17.3 Å². The molecule has 0 bridgehead atoms. The SMILES string of the molecule is Cc1cn(C2=CC=C(N)Cc3[nH]c(C4=NCNc5ccc(-c6cncc(NC(=O)C7CCCC7)c6)c(F)c54)nc32)cn1. The zero-order chi connectivity index (χ0) is 28.8. The highest BCUT2D eigenvalue weighted by molar-refractivity contribution is 6.16. The Balaban J connectivity index is 1.25. The van der Waals surface area contributed by atoms with Gasteiger partial charge in [-0.25, -0.2) is 14.4 Å². The van der Waals surface area contributed by atoms with Crippen LogP contribution in [0.2, 0.25) is 0 Å². The molecule has 0 atom stereocenters. The van der Waals surface area contributed by atoms with Crippen LogP contribution in [0.4, 0.5) is 15.8 Å². The van der Waals surface area contributed by atoms with E-state index in [1.54, 1.807) is 30.9 Å². The van der Waals surface area contributed by atoms with Gasteiger partial charge in [-0.1, -0.05) is 12.8 Å². The number of anilines is 2. The molecule has 0 unspecified atom stereocenters. The first-order valence-electron chi connectivity index (χ1n) is 14.1.